The maximum absolute atomic E-state index is 12.3. The third-order valence-corrected chi connectivity index (χ3v) is 3.44. The first kappa shape index (κ1) is 25.3. The minimum atomic E-state index is -0.717. The quantitative estimate of drug-likeness (QED) is 0.332. The van der Waals surface area contributed by atoms with Gasteiger partial charge in [-0.25, -0.2) is 14.5 Å². The van der Waals surface area contributed by atoms with Crippen LogP contribution >= 0.6 is 0 Å². The molecule has 0 radical (unpaired) electrons. The molecule has 0 aliphatic carbocycles. The van der Waals surface area contributed by atoms with Crippen LogP contribution in [0, 0.1) is 0 Å². The molecule has 156 valence electrons. The van der Waals surface area contributed by atoms with Crippen molar-refractivity contribution in [3.63, 3.8) is 0 Å². The molecule has 0 rings (SSSR count). The number of carbonyl (C=O) groups is 2. The van der Waals surface area contributed by atoms with Gasteiger partial charge in [0.15, 0.2) is 0 Å². The molecule has 0 saturated heterocycles. The van der Waals surface area contributed by atoms with Crippen LogP contribution in [-0.2, 0) is 9.47 Å². The summed E-state index contributed by atoms with van der Waals surface area (Å²) in [7, 11) is 0. The Morgan fingerprint density at radius 1 is 0.815 bits per heavy atom. The van der Waals surface area contributed by atoms with E-state index in [0.29, 0.717) is 0 Å². The first-order valence-corrected chi connectivity index (χ1v) is 10.1. The predicted molar refractivity (Wildman–Crippen MR) is 110 cm³/mol. The highest BCUT2D eigenvalue weighted by Gasteiger charge is 2.30. The standard InChI is InChI=1S/C22H39NO4/c1-8-9-10-11-12-13-14-15-16-17-18-23(19(24)26-21(2,3)4)20(25)27-22(5,6)7/h15,17H,8-14,18H2,1-7H3. The zero-order valence-corrected chi connectivity index (χ0v) is 18.4. The summed E-state index contributed by atoms with van der Waals surface area (Å²) in [6.07, 6.45) is 10.6. The van der Waals surface area contributed by atoms with E-state index in [9.17, 15) is 9.59 Å². The van der Waals surface area contributed by atoms with Gasteiger partial charge in [0.05, 0.1) is 6.54 Å². The summed E-state index contributed by atoms with van der Waals surface area (Å²) in [4.78, 5) is 25.6. The number of rotatable bonds is 9. The molecule has 27 heavy (non-hydrogen) atoms. The lowest BCUT2D eigenvalue weighted by atomic mass is 10.1. The molecule has 0 heterocycles. The molecule has 0 bridgehead atoms. The number of hydrogen-bond acceptors (Lipinski definition) is 4. The zero-order chi connectivity index (χ0) is 20.9. The van der Waals surface area contributed by atoms with E-state index in [1.54, 1.807) is 47.6 Å². The van der Waals surface area contributed by atoms with Crippen LogP contribution in [0.15, 0.2) is 17.9 Å². The average molecular weight is 382 g/mol. The topological polar surface area (TPSA) is 55.8 Å². The normalized spacial score (nSPS) is 11.4. The Morgan fingerprint density at radius 3 is 1.78 bits per heavy atom. The summed E-state index contributed by atoms with van der Waals surface area (Å²) >= 11 is 0. The summed E-state index contributed by atoms with van der Waals surface area (Å²) in [5.41, 5.74) is 1.67. The molecule has 0 aromatic rings. The summed E-state index contributed by atoms with van der Waals surface area (Å²) in [5.74, 6) is 0. The lowest BCUT2D eigenvalue weighted by molar-refractivity contribution is 0.00374. The molecule has 0 spiro atoms. The van der Waals surface area contributed by atoms with E-state index in [4.69, 9.17) is 9.47 Å². The van der Waals surface area contributed by atoms with Gasteiger partial charge in [0, 0.05) is 0 Å². The SMILES string of the molecule is CCCCCCCCC=C=CCN(C(=O)OC(C)(C)C)C(=O)OC(C)(C)C. The van der Waals surface area contributed by atoms with E-state index in [1.165, 1.54) is 32.1 Å². The Bertz CT molecular complexity index is 477. The Labute approximate surface area is 165 Å². The predicted octanol–water partition coefficient (Wildman–Crippen LogP) is 6.62. The van der Waals surface area contributed by atoms with Crippen LogP contribution in [0.1, 0.15) is 93.4 Å². The van der Waals surface area contributed by atoms with Crippen molar-refractivity contribution in [2.24, 2.45) is 0 Å². The molecule has 0 aliphatic rings. The average Bonchev–Trinajstić information content (AvgIpc) is 2.49. The van der Waals surface area contributed by atoms with Gasteiger partial charge in [0.25, 0.3) is 0 Å². The number of hydrogen-bond donors (Lipinski definition) is 0. The van der Waals surface area contributed by atoms with Crippen molar-refractivity contribution < 1.29 is 19.1 Å². The third-order valence-electron chi connectivity index (χ3n) is 3.44. The molecule has 5 nitrogen and oxygen atoms in total. The summed E-state index contributed by atoms with van der Waals surface area (Å²) in [6, 6.07) is 0. The van der Waals surface area contributed by atoms with Gasteiger partial charge in [-0.05, 0) is 66.5 Å². The Hall–Kier alpha value is -1.74. The van der Waals surface area contributed by atoms with E-state index in [-0.39, 0.29) is 6.54 Å². The van der Waals surface area contributed by atoms with Crippen LogP contribution in [-0.4, -0.2) is 34.8 Å². The number of amides is 2. The van der Waals surface area contributed by atoms with Crippen molar-refractivity contribution in [1.82, 2.24) is 4.90 Å². The van der Waals surface area contributed by atoms with Crippen LogP contribution in [0.25, 0.3) is 0 Å². The van der Waals surface area contributed by atoms with Gasteiger partial charge < -0.3 is 9.47 Å². The van der Waals surface area contributed by atoms with E-state index >= 15 is 0 Å². The van der Waals surface area contributed by atoms with Gasteiger partial charge in [-0.15, -0.1) is 5.73 Å². The lowest BCUT2D eigenvalue weighted by Crippen LogP contribution is -2.43. The van der Waals surface area contributed by atoms with Gasteiger partial charge in [0.1, 0.15) is 11.2 Å². The Kier molecular flexibility index (Phi) is 11.8. The van der Waals surface area contributed by atoms with Gasteiger partial charge in [-0.2, -0.15) is 0 Å². The fourth-order valence-corrected chi connectivity index (χ4v) is 2.20. The number of carbonyl (C=O) groups excluding carboxylic acids is 2. The highest BCUT2D eigenvalue weighted by molar-refractivity contribution is 5.88. The number of imide groups is 1. The monoisotopic (exact) mass is 381 g/mol. The molecular formula is C22H39NO4. The second-order valence-corrected chi connectivity index (χ2v) is 8.70. The molecule has 0 aromatic heterocycles. The smallest absolute Gasteiger partial charge is 0.420 e. The summed E-state index contributed by atoms with van der Waals surface area (Å²) < 4.78 is 10.6. The molecular weight excluding hydrogens is 342 g/mol. The van der Waals surface area contributed by atoms with Crippen molar-refractivity contribution in [1.29, 1.82) is 0 Å². The van der Waals surface area contributed by atoms with E-state index in [0.717, 1.165) is 17.7 Å². The second-order valence-electron chi connectivity index (χ2n) is 8.70. The Morgan fingerprint density at radius 2 is 1.30 bits per heavy atom. The van der Waals surface area contributed by atoms with Crippen LogP contribution in [0.4, 0.5) is 9.59 Å². The molecule has 0 saturated carbocycles. The van der Waals surface area contributed by atoms with Crippen LogP contribution < -0.4 is 0 Å². The number of ether oxygens (including phenoxy) is 2. The number of nitrogens with zero attached hydrogens (tertiary/aromatic N) is 1. The minimum Gasteiger partial charge on any atom is -0.443 e. The molecule has 0 aliphatic heterocycles. The van der Waals surface area contributed by atoms with Crippen molar-refractivity contribution >= 4 is 12.2 Å². The lowest BCUT2D eigenvalue weighted by Gasteiger charge is -2.27. The van der Waals surface area contributed by atoms with E-state index in [2.05, 4.69) is 12.7 Å². The molecule has 2 amide bonds. The van der Waals surface area contributed by atoms with Gasteiger partial charge in [-0.3, -0.25) is 0 Å². The molecule has 5 heteroatoms. The first-order valence-electron chi connectivity index (χ1n) is 10.1. The van der Waals surface area contributed by atoms with Gasteiger partial charge >= 0.3 is 12.2 Å². The first-order chi connectivity index (χ1) is 12.5. The van der Waals surface area contributed by atoms with Crippen molar-refractivity contribution in [3.05, 3.63) is 17.9 Å². The highest BCUT2D eigenvalue weighted by atomic mass is 16.6. The zero-order valence-electron chi connectivity index (χ0n) is 18.4. The van der Waals surface area contributed by atoms with E-state index < -0.39 is 23.4 Å². The van der Waals surface area contributed by atoms with Gasteiger partial charge in [-0.1, -0.05) is 39.0 Å². The van der Waals surface area contributed by atoms with E-state index in [1.807, 2.05) is 6.08 Å². The van der Waals surface area contributed by atoms with Gasteiger partial charge in [0.2, 0.25) is 0 Å². The fraction of sp³-hybridized carbons (Fsp3) is 0.773. The maximum Gasteiger partial charge on any atom is 0.420 e. The maximum atomic E-state index is 12.3. The fourth-order valence-electron chi connectivity index (χ4n) is 2.20. The molecule has 0 N–H and O–H groups in total. The van der Waals surface area contributed by atoms with Crippen molar-refractivity contribution in [2.45, 2.75) is 105 Å². The largest absolute Gasteiger partial charge is 0.443 e. The van der Waals surface area contributed by atoms with Crippen molar-refractivity contribution in [2.75, 3.05) is 6.54 Å². The molecule has 0 unspecified atom stereocenters. The van der Waals surface area contributed by atoms with Crippen LogP contribution in [0.5, 0.6) is 0 Å². The second kappa shape index (κ2) is 12.6. The van der Waals surface area contributed by atoms with Crippen LogP contribution in [0.3, 0.4) is 0 Å². The highest BCUT2D eigenvalue weighted by Crippen LogP contribution is 2.14. The number of unbranched alkanes of at least 4 members (excludes halogenated alkanes) is 6. The third kappa shape index (κ3) is 15.1. The molecule has 0 atom stereocenters. The van der Waals surface area contributed by atoms with Crippen LogP contribution in [0.2, 0.25) is 0 Å². The Balaban J connectivity index is 4.64. The molecule has 0 aromatic carbocycles. The molecule has 0 fully saturated rings. The summed E-state index contributed by atoms with van der Waals surface area (Å²) in [5, 5.41) is 0. The minimum absolute atomic E-state index is 0.0663. The van der Waals surface area contributed by atoms with Crippen molar-refractivity contribution in [3.8, 4) is 0 Å². The summed E-state index contributed by atoms with van der Waals surface area (Å²) in [6.45, 7) is 12.8.